The zero-order valence-electron chi connectivity index (χ0n) is 16.9. The van der Waals surface area contributed by atoms with Gasteiger partial charge in [-0.05, 0) is 44.7 Å². The molecule has 0 aliphatic carbocycles. The molecule has 7 heteroatoms. The van der Waals surface area contributed by atoms with Crippen molar-refractivity contribution in [3.63, 3.8) is 0 Å². The summed E-state index contributed by atoms with van der Waals surface area (Å²) in [4.78, 5) is 15.3. The third-order valence-electron chi connectivity index (χ3n) is 5.95. The second kappa shape index (κ2) is 7.81. The highest BCUT2D eigenvalue weighted by molar-refractivity contribution is 5.95. The predicted octanol–water partition coefficient (Wildman–Crippen LogP) is 3.31. The smallest absolute Gasteiger partial charge is 0.254 e. The molecule has 0 radical (unpaired) electrons. The molecule has 28 heavy (non-hydrogen) atoms. The normalized spacial score (nSPS) is 19.2. The van der Waals surface area contributed by atoms with Crippen molar-refractivity contribution >= 4 is 5.91 Å². The van der Waals surface area contributed by atoms with Crippen molar-refractivity contribution in [1.29, 1.82) is 0 Å². The van der Waals surface area contributed by atoms with E-state index in [1.165, 1.54) is 6.42 Å². The maximum absolute atomic E-state index is 13.4. The van der Waals surface area contributed by atoms with Crippen LogP contribution in [0.1, 0.15) is 65.7 Å². The molecule has 1 atom stereocenters. The van der Waals surface area contributed by atoms with E-state index in [1.807, 2.05) is 11.8 Å². The van der Waals surface area contributed by atoms with E-state index in [2.05, 4.69) is 14.8 Å². The van der Waals surface area contributed by atoms with Gasteiger partial charge in [0.25, 0.3) is 5.91 Å². The first-order valence-electron chi connectivity index (χ1n) is 10.1. The molecule has 1 saturated heterocycles. The number of rotatable bonds is 4. The van der Waals surface area contributed by atoms with Crippen molar-refractivity contribution in [1.82, 2.24) is 19.7 Å². The maximum Gasteiger partial charge on any atom is 0.254 e. The zero-order valence-corrected chi connectivity index (χ0v) is 16.9. The van der Waals surface area contributed by atoms with Gasteiger partial charge in [-0.15, -0.1) is 10.2 Å². The number of fused-ring (bicyclic) bond motifs is 1. The van der Waals surface area contributed by atoms with E-state index in [-0.39, 0.29) is 11.9 Å². The molecule has 7 nitrogen and oxygen atoms in total. The Bertz CT molecular complexity index is 852. The molecule has 2 aromatic rings. The van der Waals surface area contributed by atoms with Gasteiger partial charge in [0.05, 0.1) is 20.3 Å². The molecule has 1 amide bonds. The summed E-state index contributed by atoms with van der Waals surface area (Å²) in [5.41, 5.74) is 1.48. The first-order valence-corrected chi connectivity index (χ1v) is 10.1. The van der Waals surface area contributed by atoms with Crippen LogP contribution in [0.4, 0.5) is 0 Å². The van der Waals surface area contributed by atoms with Gasteiger partial charge >= 0.3 is 0 Å². The van der Waals surface area contributed by atoms with Gasteiger partial charge in [0.15, 0.2) is 5.82 Å². The summed E-state index contributed by atoms with van der Waals surface area (Å²) in [6, 6.07) is 3.59. The molecule has 1 aromatic carbocycles. The van der Waals surface area contributed by atoms with Gasteiger partial charge in [0, 0.05) is 30.6 Å². The lowest BCUT2D eigenvalue weighted by atomic mass is 10.1. The summed E-state index contributed by atoms with van der Waals surface area (Å²) in [6.07, 6.45) is 6.39. The van der Waals surface area contributed by atoms with Gasteiger partial charge in [-0.2, -0.15) is 0 Å². The molecule has 3 heterocycles. The molecule has 0 unspecified atom stereocenters. The lowest BCUT2D eigenvalue weighted by Crippen LogP contribution is -2.32. The van der Waals surface area contributed by atoms with Crippen LogP contribution in [0.5, 0.6) is 11.5 Å². The number of aryl methyl sites for hydroxylation is 1. The van der Waals surface area contributed by atoms with E-state index in [9.17, 15) is 4.79 Å². The molecule has 150 valence electrons. The van der Waals surface area contributed by atoms with Crippen LogP contribution in [-0.2, 0) is 13.0 Å². The highest BCUT2D eigenvalue weighted by Gasteiger charge is 2.35. The van der Waals surface area contributed by atoms with Crippen molar-refractivity contribution < 1.29 is 14.3 Å². The Hall–Kier alpha value is -2.57. The van der Waals surface area contributed by atoms with Crippen molar-refractivity contribution in [3.05, 3.63) is 34.9 Å². The van der Waals surface area contributed by atoms with E-state index in [1.54, 1.807) is 26.4 Å². The number of ether oxygens (including phenoxy) is 2. The van der Waals surface area contributed by atoms with Crippen LogP contribution in [0.2, 0.25) is 0 Å². The van der Waals surface area contributed by atoms with Crippen LogP contribution >= 0.6 is 0 Å². The third kappa shape index (κ3) is 3.23. The van der Waals surface area contributed by atoms with Gasteiger partial charge in [-0.3, -0.25) is 4.79 Å². The number of likely N-dealkylation sites (tertiary alicyclic amines) is 1. The Morgan fingerprint density at radius 3 is 2.50 bits per heavy atom. The highest BCUT2D eigenvalue weighted by Crippen LogP contribution is 2.36. The fourth-order valence-corrected chi connectivity index (χ4v) is 4.41. The zero-order chi connectivity index (χ0) is 19.7. The van der Waals surface area contributed by atoms with Crippen LogP contribution in [0.3, 0.4) is 0 Å². The molecule has 4 rings (SSSR count). The standard InChI is InChI=1S/C21H28N4O3/c1-14-17(27-2)12-15(13-18(14)28-3)21(26)24-11-7-8-16(24)20-23-22-19-9-5-4-6-10-25(19)20/h12-13,16H,4-11H2,1-3H3/t16-/m1/s1. The highest BCUT2D eigenvalue weighted by atomic mass is 16.5. The summed E-state index contributed by atoms with van der Waals surface area (Å²) in [6.45, 7) is 3.60. The van der Waals surface area contributed by atoms with E-state index in [0.717, 1.165) is 62.4 Å². The second-order valence-corrected chi connectivity index (χ2v) is 7.60. The van der Waals surface area contributed by atoms with Gasteiger partial charge in [-0.25, -0.2) is 0 Å². The molecule has 2 aliphatic heterocycles. The average molecular weight is 384 g/mol. The second-order valence-electron chi connectivity index (χ2n) is 7.60. The molecule has 0 saturated carbocycles. The van der Waals surface area contributed by atoms with Crippen molar-refractivity contribution in [2.24, 2.45) is 0 Å². The van der Waals surface area contributed by atoms with E-state index in [0.29, 0.717) is 17.1 Å². The van der Waals surface area contributed by atoms with Crippen LogP contribution in [0, 0.1) is 6.92 Å². The number of amides is 1. The van der Waals surface area contributed by atoms with Gasteiger partial charge in [-0.1, -0.05) is 6.42 Å². The molecule has 0 spiro atoms. The quantitative estimate of drug-likeness (QED) is 0.809. The Labute approximate surface area is 165 Å². The molecule has 2 aliphatic rings. The molecule has 0 N–H and O–H groups in total. The maximum atomic E-state index is 13.4. The molecular weight excluding hydrogens is 356 g/mol. The number of hydrogen-bond acceptors (Lipinski definition) is 5. The van der Waals surface area contributed by atoms with Crippen LogP contribution in [-0.4, -0.2) is 46.3 Å². The van der Waals surface area contributed by atoms with Crippen LogP contribution < -0.4 is 9.47 Å². The largest absolute Gasteiger partial charge is 0.496 e. The van der Waals surface area contributed by atoms with Gasteiger partial charge in [0.2, 0.25) is 0 Å². The van der Waals surface area contributed by atoms with Crippen LogP contribution in [0.25, 0.3) is 0 Å². The fourth-order valence-electron chi connectivity index (χ4n) is 4.41. The summed E-state index contributed by atoms with van der Waals surface area (Å²) >= 11 is 0. The summed E-state index contributed by atoms with van der Waals surface area (Å²) in [7, 11) is 3.22. The molecule has 0 bridgehead atoms. The Morgan fingerprint density at radius 2 is 1.79 bits per heavy atom. The molecular formula is C21H28N4O3. The minimum Gasteiger partial charge on any atom is -0.496 e. The fraction of sp³-hybridized carbons (Fsp3) is 0.571. The van der Waals surface area contributed by atoms with Gasteiger partial charge < -0.3 is 18.9 Å². The third-order valence-corrected chi connectivity index (χ3v) is 5.95. The van der Waals surface area contributed by atoms with Crippen molar-refractivity contribution in [2.75, 3.05) is 20.8 Å². The predicted molar refractivity (Wildman–Crippen MR) is 105 cm³/mol. The van der Waals surface area contributed by atoms with E-state index in [4.69, 9.17) is 9.47 Å². The first kappa shape index (κ1) is 18.8. The number of carbonyl (C=O) groups excluding carboxylic acids is 1. The summed E-state index contributed by atoms with van der Waals surface area (Å²) in [5.74, 6) is 3.31. The Balaban J connectivity index is 1.66. The average Bonchev–Trinajstić information content (AvgIpc) is 3.28. The SMILES string of the molecule is COc1cc(C(=O)N2CCC[C@@H]2c2nnc3n2CCCCC3)cc(OC)c1C. The monoisotopic (exact) mass is 384 g/mol. The number of carbonyl (C=O) groups is 1. The minimum absolute atomic E-state index is 0.00919. The Kier molecular flexibility index (Phi) is 5.24. The van der Waals surface area contributed by atoms with Gasteiger partial charge in [0.1, 0.15) is 17.3 Å². The topological polar surface area (TPSA) is 69.5 Å². The summed E-state index contributed by atoms with van der Waals surface area (Å²) < 4.78 is 13.2. The number of hydrogen-bond donors (Lipinski definition) is 0. The number of nitrogens with zero attached hydrogens (tertiary/aromatic N) is 4. The lowest BCUT2D eigenvalue weighted by molar-refractivity contribution is 0.0726. The van der Waals surface area contributed by atoms with E-state index < -0.39 is 0 Å². The lowest BCUT2D eigenvalue weighted by Gasteiger charge is -2.25. The number of aromatic nitrogens is 3. The molecule has 1 aromatic heterocycles. The van der Waals surface area contributed by atoms with E-state index >= 15 is 0 Å². The first-order chi connectivity index (χ1) is 13.6. The number of benzene rings is 1. The Morgan fingerprint density at radius 1 is 1.04 bits per heavy atom. The number of methoxy groups -OCH3 is 2. The van der Waals surface area contributed by atoms with Crippen LogP contribution in [0.15, 0.2) is 12.1 Å². The minimum atomic E-state index is -0.0230. The molecule has 1 fully saturated rings. The van der Waals surface area contributed by atoms with Crippen molar-refractivity contribution in [3.8, 4) is 11.5 Å². The van der Waals surface area contributed by atoms with Crippen molar-refractivity contribution in [2.45, 2.75) is 58.0 Å². The summed E-state index contributed by atoms with van der Waals surface area (Å²) in [5, 5.41) is 8.93.